The molecular weight excluding hydrogens is 264 g/mol. The SMILES string of the molecule is CN(Cc1cccc(NC2CCC2)c1)C(=O)OC(C)(C)C. The van der Waals surface area contributed by atoms with Crippen LogP contribution in [0.2, 0.25) is 0 Å². The third-order valence-corrected chi connectivity index (χ3v) is 3.53. The standard InChI is InChI=1S/C17H26N2O2/c1-17(2,3)21-16(20)19(4)12-13-7-5-10-15(11-13)18-14-8-6-9-14/h5,7,10-11,14,18H,6,8-9,12H2,1-4H3. The van der Waals surface area contributed by atoms with Crippen LogP contribution in [-0.2, 0) is 11.3 Å². The van der Waals surface area contributed by atoms with Gasteiger partial charge in [-0.25, -0.2) is 4.79 Å². The summed E-state index contributed by atoms with van der Waals surface area (Å²) in [5.74, 6) is 0. The quantitative estimate of drug-likeness (QED) is 0.910. The summed E-state index contributed by atoms with van der Waals surface area (Å²) >= 11 is 0. The van der Waals surface area contributed by atoms with Crippen LogP contribution in [0.5, 0.6) is 0 Å². The number of hydrogen-bond acceptors (Lipinski definition) is 3. The Kier molecular flexibility index (Phi) is 4.76. The molecule has 0 atom stereocenters. The van der Waals surface area contributed by atoms with Gasteiger partial charge in [0, 0.05) is 25.3 Å². The maximum absolute atomic E-state index is 12.0. The van der Waals surface area contributed by atoms with Gasteiger partial charge in [0.2, 0.25) is 0 Å². The number of ether oxygens (including phenoxy) is 1. The number of rotatable bonds is 4. The van der Waals surface area contributed by atoms with E-state index in [-0.39, 0.29) is 6.09 Å². The molecule has 2 rings (SSSR count). The number of hydrogen-bond donors (Lipinski definition) is 1. The van der Waals surface area contributed by atoms with Gasteiger partial charge in [-0.05, 0) is 57.7 Å². The number of nitrogens with one attached hydrogen (secondary N) is 1. The number of amides is 1. The second-order valence-electron chi connectivity index (χ2n) is 6.81. The van der Waals surface area contributed by atoms with E-state index in [1.165, 1.54) is 19.3 Å². The molecule has 0 bridgehead atoms. The number of carbonyl (C=O) groups excluding carboxylic acids is 1. The Balaban J connectivity index is 1.92. The fraction of sp³-hybridized carbons (Fsp3) is 0.588. The summed E-state index contributed by atoms with van der Waals surface area (Å²) in [6, 6.07) is 8.87. The minimum Gasteiger partial charge on any atom is -0.444 e. The Morgan fingerprint density at radius 2 is 2.10 bits per heavy atom. The lowest BCUT2D eigenvalue weighted by Gasteiger charge is -2.28. The van der Waals surface area contributed by atoms with Gasteiger partial charge in [-0.3, -0.25) is 0 Å². The first-order chi connectivity index (χ1) is 9.83. The first-order valence-electron chi connectivity index (χ1n) is 7.63. The van der Waals surface area contributed by atoms with Gasteiger partial charge in [-0.15, -0.1) is 0 Å². The van der Waals surface area contributed by atoms with Crippen molar-refractivity contribution >= 4 is 11.8 Å². The van der Waals surface area contributed by atoms with E-state index in [4.69, 9.17) is 4.74 Å². The molecule has 1 amide bonds. The molecule has 4 nitrogen and oxygen atoms in total. The fourth-order valence-corrected chi connectivity index (χ4v) is 2.23. The highest BCUT2D eigenvalue weighted by molar-refractivity contribution is 5.67. The second-order valence-corrected chi connectivity index (χ2v) is 6.81. The van der Waals surface area contributed by atoms with Crippen molar-refractivity contribution in [1.82, 2.24) is 4.90 Å². The largest absolute Gasteiger partial charge is 0.444 e. The van der Waals surface area contributed by atoms with Crippen molar-refractivity contribution in [2.24, 2.45) is 0 Å². The number of nitrogens with zero attached hydrogens (tertiary/aromatic N) is 1. The average Bonchev–Trinajstić information content (AvgIpc) is 2.32. The Bertz CT molecular complexity index is 490. The first-order valence-corrected chi connectivity index (χ1v) is 7.63. The minimum atomic E-state index is -0.459. The molecule has 0 saturated heterocycles. The highest BCUT2D eigenvalue weighted by Gasteiger charge is 2.20. The van der Waals surface area contributed by atoms with Crippen molar-refractivity contribution in [2.45, 2.75) is 58.2 Å². The fourth-order valence-electron chi connectivity index (χ4n) is 2.23. The van der Waals surface area contributed by atoms with Crippen molar-refractivity contribution in [3.8, 4) is 0 Å². The molecule has 1 fully saturated rings. The van der Waals surface area contributed by atoms with E-state index in [0.717, 1.165) is 11.3 Å². The monoisotopic (exact) mass is 290 g/mol. The lowest BCUT2D eigenvalue weighted by Crippen LogP contribution is -2.33. The Labute approximate surface area is 127 Å². The molecule has 0 radical (unpaired) electrons. The lowest BCUT2D eigenvalue weighted by molar-refractivity contribution is 0.0285. The van der Waals surface area contributed by atoms with Crippen LogP contribution in [0.4, 0.5) is 10.5 Å². The van der Waals surface area contributed by atoms with E-state index in [1.54, 1.807) is 11.9 Å². The van der Waals surface area contributed by atoms with Crippen LogP contribution in [0.3, 0.4) is 0 Å². The van der Waals surface area contributed by atoms with Crippen LogP contribution in [0, 0.1) is 0 Å². The molecule has 0 heterocycles. The summed E-state index contributed by atoms with van der Waals surface area (Å²) in [4.78, 5) is 13.6. The maximum Gasteiger partial charge on any atom is 0.410 e. The summed E-state index contributed by atoms with van der Waals surface area (Å²) in [7, 11) is 1.76. The van der Waals surface area contributed by atoms with Gasteiger partial charge in [-0.1, -0.05) is 12.1 Å². The second kappa shape index (κ2) is 6.37. The van der Waals surface area contributed by atoms with E-state index in [2.05, 4.69) is 17.4 Å². The van der Waals surface area contributed by atoms with E-state index in [9.17, 15) is 4.79 Å². The molecule has 21 heavy (non-hydrogen) atoms. The minimum absolute atomic E-state index is 0.292. The van der Waals surface area contributed by atoms with Crippen LogP contribution in [0.25, 0.3) is 0 Å². The topological polar surface area (TPSA) is 41.6 Å². The normalized spacial score (nSPS) is 15.2. The third-order valence-electron chi connectivity index (χ3n) is 3.53. The molecular formula is C17H26N2O2. The number of anilines is 1. The van der Waals surface area contributed by atoms with Crippen LogP contribution < -0.4 is 5.32 Å². The summed E-state index contributed by atoms with van der Waals surface area (Å²) in [6.45, 7) is 6.18. The van der Waals surface area contributed by atoms with E-state index in [0.29, 0.717) is 12.6 Å². The van der Waals surface area contributed by atoms with Crippen LogP contribution in [0.15, 0.2) is 24.3 Å². The Morgan fingerprint density at radius 3 is 2.67 bits per heavy atom. The third kappa shape index (κ3) is 4.96. The average molecular weight is 290 g/mol. The molecule has 0 aromatic heterocycles. The predicted molar refractivity (Wildman–Crippen MR) is 85.4 cm³/mol. The number of benzene rings is 1. The van der Waals surface area contributed by atoms with Crippen molar-refractivity contribution in [3.63, 3.8) is 0 Å². The maximum atomic E-state index is 12.0. The molecule has 0 aliphatic heterocycles. The van der Waals surface area contributed by atoms with E-state index in [1.807, 2.05) is 32.9 Å². The smallest absolute Gasteiger partial charge is 0.410 e. The van der Waals surface area contributed by atoms with E-state index < -0.39 is 5.60 Å². The van der Waals surface area contributed by atoms with Crippen molar-refractivity contribution in [2.75, 3.05) is 12.4 Å². The zero-order valence-electron chi connectivity index (χ0n) is 13.5. The molecule has 1 saturated carbocycles. The molecule has 0 spiro atoms. The van der Waals surface area contributed by atoms with Gasteiger partial charge in [0.25, 0.3) is 0 Å². The molecule has 0 unspecified atom stereocenters. The molecule has 1 N–H and O–H groups in total. The van der Waals surface area contributed by atoms with E-state index >= 15 is 0 Å². The van der Waals surface area contributed by atoms with Gasteiger partial charge in [0.15, 0.2) is 0 Å². The first kappa shape index (κ1) is 15.7. The molecule has 1 aliphatic rings. The Hall–Kier alpha value is -1.71. The zero-order valence-corrected chi connectivity index (χ0v) is 13.5. The van der Waals surface area contributed by atoms with Gasteiger partial charge in [-0.2, -0.15) is 0 Å². The summed E-state index contributed by atoms with van der Waals surface area (Å²) in [5.41, 5.74) is 1.78. The molecule has 116 valence electrons. The molecule has 1 aromatic carbocycles. The highest BCUT2D eigenvalue weighted by atomic mass is 16.6. The van der Waals surface area contributed by atoms with Crippen LogP contribution in [0.1, 0.15) is 45.6 Å². The van der Waals surface area contributed by atoms with Crippen LogP contribution in [-0.4, -0.2) is 29.7 Å². The summed E-state index contributed by atoms with van der Waals surface area (Å²) in [5, 5.41) is 3.52. The van der Waals surface area contributed by atoms with Gasteiger partial charge in [0.05, 0.1) is 0 Å². The Morgan fingerprint density at radius 1 is 1.38 bits per heavy atom. The number of carbonyl (C=O) groups is 1. The van der Waals surface area contributed by atoms with Gasteiger partial charge >= 0.3 is 6.09 Å². The zero-order chi connectivity index (χ0) is 15.5. The van der Waals surface area contributed by atoms with Crippen molar-refractivity contribution < 1.29 is 9.53 Å². The van der Waals surface area contributed by atoms with Crippen molar-refractivity contribution in [1.29, 1.82) is 0 Å². The highest BCUT2D eigenvalue weighted by Crippen LogP contribution is 2.24. The predicted octanol–water partition coefficient (Wildman–Crippen LogP) is 4.02. The lowest BCUT2D eigenvalue weighted by atomic mass is 9.93. The molecule has 4 heteroatoms. The van der Waals surface area contributed by atoms with Gasteiger partial charge < -0.3 is 15.0 Å². The molecule has 1 aromatic rings. The van der Waals surface area contributed by atoms with Crippen molar-refractivity contribution in [3.05, 3.63) is 29.8 Å². The summed E-state index contributed by atoms with van der Waals surface area (Å²) < 4.78 is 5.36. The summed E-state index contributed by atoms with van der Waals surface area (Å²) in [6.07, 6.45) is 3.53. The van der Waals surface area contributed by atoms with Crippen LogP contribution >= 0.6 is 0 Å². The van der Waals surface area contributed by atoms with Gasteiger partial charge in [0.1, 0.15) is 5.60 Å². The molecule has 1 aliphatic carbocycles.